The Balaban J connectivity index is 2.10. The molecule has 0 bridgehead atoms. The number of carboxylic acids is 1. The third kappa shape index (κ3) is 4.05. The van der Waals surface area contributed by atoms with Gasteiger partial charge in [0, 0.05) is 13.2 Å². The molecule has 6 nitrogen and oxygen atoms in total. The van der Waals surface area contributed by atoms with Crippen molar-refractivity contribution < 1.29 is 23.9 Å². The third-order valence-corrected chi connectivity index (χ3v) is 3.68. The van der Waals surface area contributed by atoms with E-state index in [0.717, 1.165) is 0 Å². The van der Waals surface area contributed by atoms with Gasteiger partial charge in [-0.15, -0.1) is 0 Å². The molecule has 0 spiro atoms. The van der Waals surface area contributed by atoms with Crippen LogP contribution in [0, 0.1) is 0 Å². The molecule has 1 heterocycles. The van der Waals surface area contributed by atoms with Gasteiger partial charge in [0.2, 0.25) is 0 Å². The van der Waals surface area contributed by atoms with Gasteiger partial charge in [-0.3, -0.25) is 0 Å². The summed E-state index contributed by atoms with van der Waals surface area (Å²) in [7, 11) is 1.57. The van der Waals surface area contributed by atoms with Crippen LogP contribution in [-0.2, 0) is 18.0 Å². The van der Waals surface area contributed by atoms with E-state index < -0.39 is 5.97 Å². The van der Waals surface area contributed by atoms with Crippen LogP contribution in [-0.4, -0.2) is 23.3 Å². The molecule has 1 aromatic carbocycles. The Kier molecular flexibility index (Phi) is 5.38. The lowest BCUT2D eigenvalue weighted by molar-refractivity contribution is 0.0696. The SMILES string of the molecule is COCc1cc(COc2c(Br)cc(C(=O)O)cc2Br)no1. The number of carbonyl (C=O) groups is 1. The molecule has 0 aliphatic rings. The second-order valence-electron chi connectivity index (χ2n) is 4.08. The Bertz CT molecular complexity index is 633. The molecular weight excluding hydrogens is 410 g/mol. The van der Waals surface area contributed by atoms with Crippen molar-refractivity contribution in [2.24, 2.45) is 0 Å². The zero-order chi connectivity index (χ0) is 15.4. The quantitative estimate of drug-likeness (QED) is 0.768. The number of hydrogen-bond acceptors (Lipinski definition) is 5. The maximum Gasteiger partial charge on any atom is 0.335 e. The second kappa shape index (κ2) is 7.06. The van der Waals surface area contributed by atoms with E-state index in [-0.39, 0.29) is 12.2 Å². The van der Waals surface area contributed by atoms with Gasteiger partial charge in [0.05, 0.1) is 14.5 Å². The zero-order valence-electron chi connectivity index (χ0n) is 10.9. The lowest BCUT2D eigenvalue weighted by Gasteiger charge is -2.09. The van der Waals surface area contributed by atoms with E-state index in [2.05, 4.69) is 37.0 Å². The van der Waals surface area contributed by atoms with Crippen LogP contribution in [0.15, 0.2) is 31.7 Å². The molecular formula is C13H11Br2NO5. The average Bonchev–Trinajstić information content (AvgIpc) is 2.85. The largest absolute Gasteiger partial charge is 0.485 e. The predicted molar refractivity (Wildman–Crippen MR) is 80.3 cm³/mol. The molecule has 0 aliphatic carbocycles. The normalized spacial score (nSPS) is 10.6. The van der Waals surface area contributed by atoms with Crippen molar-refractivity contribution in [3.8, 4) is 5.75 Å². The molecule has 1 aromatic heterocycles. The van der Waals surface area contributed by atoms with Gasteiger partial charge in [-0.05, 0) is 44.0 Å². The fourth-order valence-electron chi connectivity index (χ4n) is 1.60. The molecule has 112 valence electrons. The first-order chi connectivity index (χ1) is 10.0. The number of rotatable bonds is 6. The van der Waals surface area contributed by atoms with Gasteiger partial charge in [0.1, 0.15) is 24.7 Å². The maximum absolute atomic E-state index is 10.9. The molecule has 1 N–H and O–H groups in total. The van der Waals surface area contributed by atoms with Crippen LogP contribution in [0.25, 0.3) is 0 Å². The van der Waals surface area contributed by atoms with Crippen LogP contribution < -0.4 is 4.74 Å². The Labute approximate surface area is 137 Å². The Morgan fingerprint density at radius 3 is 2.52 bits per heavy atom. The molecule has 0 radical (unpaired) electrons. The van der Waals surface area contributed by atoms with Crippen molar-refractivity contribution in [3.05, 3.63) is 44.2 Å². The van der Waals surface area contributed by atoms with Crippen molar-refractivity contribution >= 4 is 37.8 Å². The van der Waals surface area contributed by atoms with Crippen LogP contribution in [0.5, 0.6) is 5.75 Å². The van der Waals surface area contributed by atoms with Gasteiger partial charge >= 0.3 is 5.97 Å². The monoisotopic (exact) mass is 419 g/mol. The second-order valence-corrected chi connectivity index (χ2v) is 5.79. The topological polar surface area (TPSA) is 81.8 Å². The van der Waals surface area contributed by atoms with Crippen LogP contribution in [0.4, 0.5) is 0 Å². The number of aromatic carboxylic acids is 1. The van der Waals surface area contributed by atoms with Gasteiger partial charge in [-0.1, -0.05) is 5.16 Å². The predicted octanol–water partition coefficient (Wildman–Crippen LogP) is 3.62. The smallest absolute Gasteiger partial charge is 0.335 e. The van der Waals surface area contributed by atoms with Crippen LogP contribution >= 0.6 is 31.9 Å². The summed E-state index contributed by atoms with van der Waals surface area (Å²) < 4.78 is 16.7. The number of carboxylic acid groups (broad SMARTS) is 1. The lowest BCUT2D eigenvalue weighted by atomic mass is 10.2. The first kappa shape index (κ1) is 16.0. The zero-order valence-corrected chi connectivity index (χ0v) is 14.1. The summed E-state index contributed by atoms with van der Waals surface area (Å²) in [4.78, 5) is 10.9. The summed E-state index contributed by atoms with van der Waals surface area (Å²) in [6.45, 7) is 0.532. The van der Waals surface area contributed by atoms with Gasteiger partial charge < -0.3 is 19.1 Å². The minimum absolute atomic E-state index is 0.157. The van der Waals surface area contributed by atoms with E-state index >= 15 is 0 Å². The van der Waals surface area contributed by atoms with E-state index in [1.54, 1.807) is 13.2 Å². The fourth-order valence-corrected chi connectivity index (χ4v) is 3.02. The fraction of sp³-hybridized carbons (Fsp3) is 0.231. The maximum atomic E-state index is 10.9. The van der Waals surface area contributed by atoms with Gasteiger partial charge in [-0.25, -0.2) is 4.79 Å². The highest BCUT2D eigenvalue weighted by molar-refractivity contribution is 9.11. The van der Waals surface area contributed by atoms with E-state index in [1.165, 1.54) is 12.1 Å². The molecule has 0 fully saturated rings. The number of nitrogens with zero attached hydrogens (tertiary/aromatic N) is 1. The molecule has 8 heteroatoms. The number of halogens is 2. The summed E-state index contributed by atoms with van der Waals surface area (Å²) >= 11 is 6.58. The van der Waals surface area contributed by atoms with E-state index in [1.807, 2.05) is 0 Å². The summed E-state index contributed by atoms with van der Waals surface area (Å²) in [5.74, 6) is 0.0930. The lowest BCUT2D eigenvalue weighted by Crippen LogP contribution is -2.00. The average molecular weight is 421 g/mol. The molecule has 2 rings (SSSR count). The third-order valence-electron chi connectivity index (χ3n) is 2.50. The van der Waals surface area contributed by atoms with Crippen LogP contribution in [0.3, 0.4) is 0 Å². The highest BCUT2D eigenvalue weighted by Crippen LogP contribution is 2.35. The minimum Gasteiger partial charge on any atom is -0.485 e. The van der Waals surface area contributed by atoms with Gasteiger partial charge in [0.25, 0.3) is 0 Å². The highest BCUT2D eigenvalue weighted by Gasteiger charge is 2.14. The number of ether oxygens (including phenoxy) is 2. The number of methoxy groups -OCH3 is 1. The molecule has 0 aliphatic heterocycles. The molecule has 2 aromatic rings. The Morgan fingerprint density at radius 2 is 1.95 bits per heavy atom. The van der Waals surface area contributed by atoms with Crippen molar-refractivity contribution in [3.63, 3.8) is 0 Å². The summed E-state index contributed by atoms with van der Waals surface area (Å²) in [6, 6.07) is 4.68. The molecule has 21 heavy (non-hydrogen) atoms. The number of benzene rings is 1. The Morgan fingerprint density at radius 1 is 1.29 bits per heavy atom. The number of aromatic nitrogens is 1. The molecule has 0 unspecified atom stereocenters. The van der Waals surface area contributed by atoms with E-state index in [0.29, 0.717) is 32.8 Å². The van der Waals surface area contributed by atoms with Crippen LogP contribution in [0.1, 0.15) is 21.8 Å². The summed E-state index contributed by atoms with van der Waals surface area (Å²) in [5, 5.41) is 12.8. The Hall–Kier alpha value is -1.38. The summed E-state index contributed by atoms with van der Waals surface area (Å²) in [6.07, 6.45) is 0. The van der Waals surface area contributed by atoms with Crippen molar-refractivity contribution in [1.29, 1.82) is 0 Å². The standard InChI is InChI=1S/C13H11Br2NO5/c1-19-6-9-4-8(16-21-9)5-20-12-10(14)2-7(13(17)18)3-11(12)15/h2-4H,5-6H2,1H3,(H,17,18). The molecule has 0 saturated heterocycles. The number of hydrogen-bond donors (Lipinski definition) is 1. The van der Waals surface area contributed by atoms with Crippen molar-refractivity contribution in [2.75, 3.05) is 7.11 Å². The van der Waals surface area contributed by atoms with Crippen molar-refractivity contribution in [1.82, 2.24) is 5.16 Å². The molecule has 0 saturated carbocycles. The first-order valence-electron chi connectivity index (χ1n) is 5.79. The van der Waals surface area contributed by atoms with Crippen LogP contribution in [0.2, 0.25) is 0 Å². The minimum atomic E-state index is -1.01. The highest BCUT2D eigenvalue weighted by atomic mass is 79.9. The van der Waals surface area contributed by atoms with Crippen molar-refractivity contribution in [2.45, 2.75) is 13.2 Å². The summed E-state index contributed by atoms with van der Waals surface area (Å²) in [5.41, 5.74) is 0.771. The van der Waals surface area contributed by atoms with E-state index in [9.17, 15) is 4.79 Å². The van der Waals surface area contributed by atoms with Gasteiger partial charge in [0.15, 0.2) is 5.76 Å². The first-order valence-corrected chi connectivity index (χ1v) is 7.38. The molecule has 0 atom stereocenters. The molecule has 0 amide bonds. The van der Waals surface area contributed by atoms with Gasteiger partial charge in [-0.2, -0.15) is 0 Å². The van der Waals surface area contributed by atoms with E-state index in [4.69, 9.17) is 19.1 Å².